The highest BCUT2D eigenvalue weighted by Crippen LogP contribution is 2.22. The van der Waals surface area contributed by atoms with Gasteiger partial charge in [-0.25, -0.2) is 4.39 Å². The molecular formula is C14H21FN2O2. The third-order valence-corrected chi connectivity index (χ3v) is 2.71. The SMILES string of the molecule is CC(C)CN(CCCN)C(=O)c1c(O)cccc1F. The van der Waals surface area contributed by atoms with Crippen molar-refractivity contribution >= 4 is 5.91 Å². The molecule has 0 radical (unpaired) electrons. The van der Waals surface area contributed by atoms with Gasteiger partial charge in [-0.15, -0.1) is 0 Å². The maximum Gasteiger partial charge on any atom is 0.260 e. The fraction of sp³-hybridized carbons (Fsp3) is 0.500. The van der Waals surface area contributed by atoms with Gasteiger partial charge < -0.3 is 15.7 Å². The molecule has 1 aromatic rings. The van der Waals surface area contributed by atoms with Crippen molar-refractivity contribution in [3.63, 3.8) is 0 Å². The maximum atomic E-state index is 13.7. The zero-order valence-electron chi connectivity index (χ0n) is 11.4. The number of phenols is 1. The number of phenolic OH excluding ortho intramolecular Hbond substituents is 1. The topological polar surface area (TPSA) is 66.6 Å². The summed E-state index contributed by atoms with van der Waals surface area (Å²) < 4.78 is 13.7. The largest absolute Gasteiger partial charge is 0.507 e. The molecule has 0 aromatic heterocycles. The summed E-state index contributed by atoms with van der Waals surface area (Å²) in [5.41, 5.74) is 5.18. The van der Waals surface area contributed by atoms with Crippen LogP contribution in [0.5, 0.6) is 5.75 Å². The summed E-state index contributed by atoms with van der Waals surface area (Å²) in [6.07, 6.45) is 0.647. The Hall–Kier alpha value is -1.62. The first-order valence-electron chi connectivity index (χ1n) is 6.44. The van der Waals surface area contributed by atoms with Gasteiger partial charge >= 0.3 is 0 Å². The molecule has 0 bridgehead atoms. The Kier molecular flexibility index (Phi) is 5.76. The molecule has 4 nitrogen and oxygen atoms in total. The number of hydrogen-bond donors (Lipinski definition) is 2. The smallest absolute Gasteiger partial charge is 0.260 e. The number of aromatic hydroxyl groups is 1. The zero-order chi connectivity index (χ0) is 14.4. The number of hydrogen-bond acceptors (Lipinski definition) is 3. The molecule has 0 saturated carbocycles. The molecule has 106 valence electrons. The molecule has 0 aliphatic heterocycles. The van der Waals surface area contributed by atoms with Gasteiger partial charge in [-0.05, 0) is 31.0 Å². The number of carbonyl (C=O) groups excluding carboxylic acids is 1. The van der Waals surface area contributed by atoms with Crippen molar-refractivity contribution in [1.82, 2.24) is 4.90 Å². The summed E-state index contributed by atoms with van der Waals surface area (Å²) >= 11 is 0. The lowest BCUT2D eigenvalue weighted by molar-refractivity contribution is 0.0727. The molecule has 0 aliphatic carbocycles. The van der Waals surface area contributed by atoms with Crippen LogP contribution in [0.2, 0.25) is 0 Å². The van der Waals surface area contributed by atoms with Gasteiger partial charge in [0.25, 0.3) is 5.91 Å². The Morgan fingerprint density at radius 3 is 2.68 bits per heavy atom. The van der Waals surface area contributed by atoms with Crippen LogP contribution < -0.4 is 5.73 Å². The molecule has 0 aliphatic rings. The van der Waals surface area contributed by atoms with Crippen molar-refractivity contribution in [2.75, 3.05) is 19.6 Å². The number of nitrogens with two attached hydrogens (primary N) is 1. The van der Waals surface area contributed by atoms with Crippen LogP contribution >= 0.6 is 0 Å². The van der Waals surface area contributed by atoms with Crippen molar-refractivity contribution in [3.8, 4) is 5.75 Å². The first-order chi connectivity index (χ1) is 8.97. The molecule has 0 fully saturated rings. The predicted octanol–water partition coefficient (Wildman–Crippen LogP) is 1.98. The van der Waals surface area contributed by atoms with Gasteiger partial charge in [-0.1, -0.05) is 19.9 Å². The lowest BCUT2D eigenvalue weighted by atomic mass is 10.1. The second-order valence-electron chi connectivity index (χ2n) is 4.92. The van der Waals surface area contributed by atoms with Gasteiger partial charge in [0.05, 0.1) is 0 Å². The Balaban J connectivity index is 2.97. The molecule has 1 amide bonds. The van der Waals surface area contributed by atoms with Crippen molar-refractivity contribution < 1.29 is 14.3 Å². The second kappa shape index (κ2) is 7.09. The average molecular weight is 268 g/mol. The lowest BCUT2D eigenvalue weighted by Gasteiger charge is -2.25. The molecule has 5 heteroatoms. The second-order valence-corrected chi connectivity index (χ2v) is 4.92. The van der Waals surface area contributed by atoms with E-state index in [2.05, 4.69) is 0 Å². The van der Waals surface area contributed by atoms with E-state index in [1.807, 2.05) is 13.8 Å². The molecular weight excluding hydrogens is 247 g/mol. The van der Waals surface area contributed by atoms with Crippen molar-refractivity contribution in [1.29, 1.82) is 0 Å². The van der Waals surface area contributed by atoms with Crippen LogP contribution in [-0.4, -0.2) is 35.5 Å². The van der Waals surface area contributed by atoms with Gasteiger partial charge in [-0.3, -0.25) is 4.79 Å². The summed E-state index contributed by atoms with van der Waals surface area (Å²) in [5.74, 6) is -1.26. The average Bonchev–Trinajstić information content (AvgIpc) is 2.33. The van der Waals surface area contributed by atoms with Gasteiger partial charge in [0.2, 0.25) is 0 Å². The summed E-state index contributed by atoms with van der Waals surface area (Å²) in [6, 6.07) is 3.85. The van der Waals surface area contributed by atoms with Crippen LogP contribution in [0.4, 0.5) is 4.39 Å². The Morgan fingerprint density at radius 1 is 1.47 bits per heavy atom. The zero-order valence-corrected chi connectivity index (χ0v) is 11.4. The van der Waals surface area contributed by atoms with Crippen LogP contribution in [0.1, 0.15) is 30.6 Å². The third-order valence-electron chi connectivity index (χ3n) is 2.71. The lowest BCUT2D eigenvalue weighted by Crippen LogP contribution is -2.36. The molecule has 0 atom stereocenters. The summed E-state index contributed by atoms with van der Waals surface area (Å²) in [7, 11) is 0. The Labute approximate surface area is 113 Å². The van der Waals surface area contributed by atoms with E-state index in [1.54, 1.807) is 0 Å². The minimum absolute atomic E-state index is 0.260. The Bertz CT molecular complexity index is 415. The minimum atomic E-state index is -0.702. The van der Waals surface area contributed by atoms with Crippen molar-refractivity contribution in [3.05, 3.63) is 29.6 Å². The predicted molar refractivity (Wildman–Crippen MR) is 72.5 cm³/mol. The number of amides is 1. The molecule has 0 heterocycles. The van der Waals surface area contributed by atoms with Crippen LogP contribution in [0.3, 0.4) is 0 Å². The molecule has 19 heavy (non-hydrogen) atoms. The number of benzene rings is 1. The Morgan fingerprint density at radius 2 is 2.16 bits per heavy atom. The van der Waals surface area contributed by atoms with E-state index in [1.165, 1.54) is 23.1 Å². The molecule has 0 saturated heterocycles. The van der Waals surface area contributed by atoms with Gasteiger partial charge in [0, 0.05) is 13.1 Å². The van der Waals surface area contributed by atoms with E-state index < -0.39 is 11.7 Å². The van der Waals surface area contributed by atoms with Crippen LogP contribution in [0.25, 0.3) is 0 Å². The molecule has 0 unspecified atom stereocenters. The van der Waals surface area contributed by atoms with Crippen LogP contribution in [0.15, 0.2) is 18.2 Å². The normalized spacial score (nSPS) is 10.8. The maximum absolute atomic E-state index is 13.7. The number of rotatable bonds is 6. The quantitative estimate of drug-likeness (QED) is 0.829. The molecule has 1 rings (SSSR count). The minimum Gasteiger partial charge on any atom is -0.507 e. The number of nitrogens with zero attached hydrogens (tertiary/aromatic N) is 1. The van der Waals surface area contributed by atoms with E-state index in [9.17, 15) is 14.3 Å². The molecule has 1 aromatic carbocycles. The van der Waals surface area contributed by atoms with Crippen LogP contribution in [-0.2, 0) is 0 Å². The van der Waals surface area contributed by atoms with E-state index in [4.69, 9.17) is 5.73 Å². The fourth-order valence-corrected chi connectivity index (χ4v) is 1.88. The van der Waals surface area contributed by atoms with Crippen molar-refractivity contribution in [2.45, 2.75) is 20.3 Å². The fourth-order valence-electron chi connectivity index (χ4n) is 1.88. The highest BCUT2D eigenvalue weighted by Gasteiger charge is 2.22. The van der Waals surface area contributed by atoms with Gasteiger partial charge in [-0.2, -0.15) is 0 Å². The first-order valence-corrected chi connectivity index (χ1v) is 6.44. The number of halogens is 1. The third kappa shape index (κ3) is 4.21. The summed E-state index contributed by atoms with van der Waals surface area (Å²) in [4.78, 5) is 13.9. The number of carbonyl (C=O) groups is 1. The highest BCUT2D eigenvalue weighted by atomic mass is 19.1. The molecule has 3 N–H and O–H groups in total. The highest BCUT2D eigenvalue weighted by molar-refractivity contribution is 5.97. The van der Waals surface area contributed by atoms with Gasteiger partial charge in [0.15, 0.2) is 0 Å². The van der Waals surface area contributed by atoms with Crippen LogP contribution in [0, 0.1) is 11.7 Å². The van der Waals surface area contributed by atoms with E-state index >= 15 is 0 Å². The van der Waals surface area contributed by atoms with Crippen molar-refractivity contribution in [2.24, 2.45) is 11.7 Å². The summed E-state index contributed by atoms with van der Waals surface area (Å²) in [5, 5.41) is 9.66. The molecule has 0 spiro atoms. The van der Waals surface area contributed by atoms with E-state index in [-0.39, 0.29) is 17.2 Å². The monoisotopic (exact) mass is 268 g/mol. The summed E-state index contributed by atoms with van der Waals surface area (Å²) in [6.45, 7) is 5.38. The van der Waals surface area contributed by atoms with E-state index in [0.717, 1.165) is 0 Å². The van der Waals surface area contributed by atoms with E-state index in [0.29, 0.717) is 26.1 Å². The first kappa shape index (κ1) is 15.4. The standard InChI is InChI=1S/C14H21FN2O2/c1-10(2)9-17(8-4-7-16)14(19)13-11(15)5-3-6-12(13)18/h3,5-6,10,18H,4,7-9,16H2,1-2H3. The van der Waals surface area contributed by atoms with Gasteiger partial charge in [0.1, 0.15) is 17.1 Å².